The zero-order valence-corrected chi connectivity index (χ0v) is 16.5. The molecule has 4 rings (SSSR count). The highest BCUT2D eigenvalue weighted by atomic mass is 19.4. The van der Waals surface area contributed by atoms with Gasteiger partial charge in [-0.3, -0.25) is 4.79 Å². The van der Waals surface area contributed by atoms with Crippen molar-refractivity contribution in [2.75, 3.05) is 10.6 Å². The van der Waals surface area contributed by atoms with Crippen molar-refractivity contribution < 1.29 is 18.0 Å². The van der Waals surface area contributed by atoms with E-state index in [9.17, 15) is 18.0 Å². The molecular weight excluding hydrogens is 393 g/mol. The first kappa shape index (κ1) is 20.0. The number of rotatable bonds is 3. The summed E-state index contributed by atoms with van der Waals surface area (Å²) in [5.41, 5.74) is 3.23. The Morgan fingerprint density at radius 3 is 2.50 bits per heavy atom. The van der Waals surface area contributed by atoms with Crippen LogP contribution in [0.2, 0.25) is 0 Å². The average Bonchev–Trinajstić information content (AvgIpc) is 3.11. The first-order chi connectivity index (χ1) is 14.2. The minimum Gasteiger partial charge on any atom is -0.363 e. The Bertz CT molecular complexity index is 1070. The molecule has 0 saturated carbocycles. The van der Waals surface area contributed by atoms with Gasteiger partial charge in [0.2, 0.25) is 0 Å². The second-order valence-electron chi connectivity index (χ2n) is 7.58. The van der Waals surface area contributed by atoms with Crippen molar-refractivity contribution >= 4 is 17.4 Å². The third-order valence-corrected chi connectivity index (χ3v) is 5.18. The SMILES string of the molecule is Cc1ccc([C@H]2C[C@H](C(F)(F)F)n3nc(C(=O)Nc4cccc(C)c4)cc3N2)cc1. The van der Waals surface area contributed by atoms with Crippen molar-refractivity contribution in [1.29, 1.82) is 0 Å². The first-order valence-electron chi connectivity index (χ1n) is 9.58. The lowest BCUT2D eigenvalue weighted by atomic mass is 9.96. The molecule has 0 saturated heterocycles. The second-order valence-corrected chi connectivity index (χ2v) is 7.58. The van der Waals surface area contributed by atoms with Crippen LogP contribution in [-0.2, 0) is 0 Å². The van der Waals surface area contributed by atoms with Gasteiger partial charge < -0.3 is 10.6 Å². The van der Waals surface area contributed by atoms with E-state index in [4.69, 9.17) is 0 Å². The van der Waals surface area contributed by atoms with Crippen LogP contribution < -0.4 is 10.6 Å². The smallest absolute Gasteiger partial charge is 0.363 e. The molecule has 3 aromatic rings. The highest BCUT2D eigenvalue weighted by Crippen LogP contribution is 2.43. The van der Waals surface area contributed by atoms with Crippen molar-refractivity contribution in [2.24, 2.45) is 0 Å². The molecule has 1 aliphatic heterocycles. The number of carbonyl (C=O) groups excluding carboxylic acids is 1. The lowest BCUT2D eigenvalue weighted by Gasteiger charge is -2.33. The van der Waals surface area contributed by atoms with Gasteiger partial charge in [-0.05, 0) is 37.1 Å². The van der Waals surface area contributed by atoms with E-state index in [-0.39, 0.29) is 17.9 Å². The molecule has 2 N–H and O–H groups in total. The maximum atomic E-state index is 13.8. The summed E-state index contributed by atoms with van der Waals surface area (Å²) in [7, 11) is 0. The number of benzene rings is 2. The first-order valence-corrected chi connectivity index (χ1v) is 9.58. The van der Waals surface area contributed by atoms with Crippen LogP contribution in [0.4, 0.5) is 24.7 Å². The van der Waals surface area contributed by atoms with Gasteiger partial charge in [0.25, 0.3) is 5.91 Å². The number of fused-ring (bicyclic) bond motifs is 1. The molecule has 2 atom stereocenters. The van der Waals surface area contributed by atoms with E-state index in [2.05, 4.69) is 15.7 Å². The van der Waals surface area contributed by atoms with Gasteiger partial charge >= 0.3 is 6.18 Å². The van der Waals surface area contributed by atoms with E-state index in [1.807, 2.05) is 44.2 Å². The van der Waals surface area contributed by atoms with Crippen LogP contribution in [0.1, 0.15) is 45.7 Å². The molecule has 0 unspecified atom stereocenters. The van der Waals surface area contributed by atoms with Crippen LogP contribution in [0.25, 0.3) is 0 Å². The quantitative estimate of drug-likeness (QED) is 0.602. The molecule has 2 aromatic carbocycles. The Hall–Kier alpha value is -3.29. The van der Waals surface area contributed by atoms with E-state index in [1.165, 1.54) is 6.07 Å². The zero-order chi connectivity index (χ0) is 21.5. The molecule has 2 heterocycles. The van der Waals surface area contributed by atoms with E-state index < -0.39 is 24.2 Å². The number of anilines is 2. The molecule has 1 aromatic heterocycles. The Balaban J connectivity index is 1.64. The topological polar surface area (TPSA) is 59.0 Å². The summed E-state index contributed by atoms with van der Waals surface area (Å²) in [5, 5.41) is 9.77. The zero-order valence-electron chi connectivity index (χ0n) is 16.5. The van der Waals surface area contributed by atoms with Crippen LogP contribution in [0.15, 0.2) is 54.6 Å². The monoisotopic (exact) mass is 414 g/mol. The summed E-state index contributed by atoms with van der Waals surface area (Å²) in [6, 6.07) is 13.5. The lowest BCUT2D eigenvalue weighted by molar-refractivity contribution is -0.173. The number of amides is 1. The molecule has 0 bridgehead atoms. The molecular formula is C22H21F3N4O. The van der Waals surface area contributed by atoms with Gasteiger partial charge in [0, 0.05) is 18.2 Å². The molecule has 8 heteroatoms. The van der Waals surface area contributed by atoms with Crippen LogP contribution in [0.5, 0.6) is 0 Å². The van der Waals surface area contributed by atoms with Crippen molar-refractivity contribution in [3.63, 3.8) is 0 Å². The van der Waals surface area contributed by atoms with Gasteiger partial charge in [-0.15, -0.1) is 0 Å². The maximum absolute atomic E-state index is 13.8. The van der Waals surface area contributed by atoms with Crippen LogP contribution in [0.3, 0.4) is 0 Å². The summed E-state index contributed by atoms with van der Waals surface area (Å²) < 4.78 is 42.2. The number of carbonyl (C=O) groups is 1. The summed E-state index contributed by atoms with van der Waals surface area (Å²) in [4.78, 5) is 12.6. The Morgan fingerprint density at radius 2 is 1.83 bits per heavy atom. The molecule has 1 aliphatic rings. The minimum atomic E-state index is -4.49. The standard InChI is InChI=1S/C22H21F3N4O/c1-13-6-8-15(9-7-13)17-11-19(22(23,24)25)29-20(27-17)12-18(28-29)21(30)26-16-5-3-4-14(2)10-16/h3-10,12,17,19,27H,11H2,1-2H3,(H,26,30)/t17-,19-/m1/s1. The number of hydrogen-bond donors (Lipinski definition) is 2. The number of nitrogens with zero attached hydrogens (tertiary/aromatic N) is 2. The number of alkyl halides is 3. The van der Waals surface area contributed by atoms with E-state index in [0.29, 0.717) is 5.69 Å². The summed E-state index contributed by atoms with van der Waals surface area (Å²) in [6.45, 7) is 3.80. The summed E-state index contributed by atoms with van der Waals surface area (Å²) in [6.07, 6.45) is -4.70. The molecule has 30 heavy (non-hydrogen) atoms. The molecule has 0 fully saturated rings. The fourth-order valence-corrected chi connectivity index (χ4v) is 3.62. The third kappa shape index (κ3) is 4.03. The van der Waals surface area contributed by atoms with E-state index in [1.54, 1.807) is 18.2 Å². The average molecular weight is 414 g/mol. The summed E-state index contributed by atoms with van der Waals surface area (Å²) >= 11 is 0. The lowest BCUT2D eigenvalue weighted by Crippen LogP contribution is -2.35. The molecule has 156 valence electrons. The highest BCUT2D eigenvalue weighted by Gasteiger charge is 2.46. The minimum absolute atomic E-state index is 0.0715. The Kier molecular flexibility index (Phi) is 5.01. The van der Waals surface area contributed by atoms with Crippen molar-refractivity contribution in [3.8, 4) is 0 Å². The number of nitrogens with one attached hydrogen (secondary N) is 2. The van der Waals surface area contributed by atoms with Crippen LogP contribution in [-0.4, -0.2) is 21.9 Å². The van der Waals surface area contributed by atoms with Crippen molar-refractivity contribution in [3.05, 3.63) is 77.0 Å². The molecule has 0 radical (unpaired) electrons. The van der Waals surface area contributed by atoms with Gasteiger partial charge in [0.1, 0.15) is 5.82 Å². The predicted molar refractivity (Wildman–Crippen MR) is 109 cm³/mol. The van der Waals surface area contributed by atoms with Crippen molar-refractivity contribution in [2.45, 2.75) is 38.5 Å². The van der Waals surface area contributed by atoms with Gasteiger partial charge in [0.05, 0.1) is 6.04 Å². The van der Waals surface area contributed by atoms with Gasteiger partial charge in [-0.1, -0.05) is 42.0 Å². The fraction of sp³-hybridized carbons (Fsp3) is 0.273. The van der Waals surface area contributed by atoms with E-state index >= 15 is 0 Å². The molecule has 5 nitrogen and oxygen atoms in total. The van der Waals surface area contributed by atoms with Gasteiger partial charge in [-0.2, -0.15) is 18.3 Å². The highest BCUT2D eigenvalue weighted by molar-refractivity contribution is 6.03. The number of halogens is 3. The summed E-state index contributed by atoms with van der Waals surface area (Å²) in [5.74, 6) is -0.388. The number of hydrogen-bond acceptors (Lipinski definition) is 3. The number of aryl methyl sites for hydroxylation is 2. The maximum Gasteiger partial charge on any atom is 0.410 e. The molecule has 0 spiro atoms. The van der Waals surface area contributed by atoms with Crippen LogP contribution in [0, 0.1) is 13.8 Å². The normalized spacial score (nSPS) is 18.4. The second kappa shape index (κ2) is 7.51. The van der Waals surface area contributed by atoms with E-state index in [0.717, 1.165) is 21.4 Å². The number of aromatic nitrogens is 2. The molecule has 0 aliphatic carbocycles. The third-order valence-electron chi connectivity index (χ3n) is 5.18. The van der Waals surface area contributed by atoms with Crippen molar-refractivity contribution in [1.82, 2.24) is 9.78 Å². The van der Waals surface area contributed by atoms with Crippen LogP contribution >= 0.6 is 0 Å². The molecule has 1 amide bonds. The predicted octanol–water partition coefficient (Wildman–Crippen LogP) is 5.41. The van der Waals surface area contributed by atoms with Gasteiger partial charge in [-0.25, -0.2) is 4.68 Å². The fourth-order valence-electron chi connectivity index (χ4n) is 3.62. The largest absolute Gasteiger partial charge is 0.410 e. The van der Waals surface area contributed by atoms with Gasteiger partial charge in [0.15, 0.2) is 11.7 Å². The Labute approximate surface area is 171 Å². The Morgan fingerprint density at radius 1 is 1.10 bits per heavy atom.